The van der Waals surface area contributed by atoms with Gasteiger partial charge in [0.2, 0.25) is 5.91 Å². The van der Waals surface area contributed by atoms with Crippen LogP contribution < -0.4 is 0 Å². The number of aliphatic hydroxyl groups is 1. The number of rotatable bonds is 2. The lowest BCUT2D eigenvalue weighted by molar-refractivity contribution is -0.193. The predicted octanol–water partition coefficient (Wildman–Crippen LogP) is 4.43. The average molecular weight is 515 g/mol. The Labute approximate surface area is 222 Å². The molecule has 2 amide bonds. The van der Waals surface area contributed by atoms with Crippen molar-refractivity contribution in [2.24, 2.45) is 39.4 Å². The minimum Gasteiger partial charge on any atom is -0.445 e. The topological polar surface area (TPSA) is 87.2 Å². The first-order valence-electron chi connectivity index (χ1n) is 14.4. The number of likely N-dealkylation sites (tertiary alicyclic amines) is 2. The van der Waals surface area contributed by atoms with Gasteiger partial charge in [-0.2, -0.15) is 0 Å². The molecule has 7 nitrogen and oxygen atoms in total. The van der Waals surface area contributed by atoms with Gasteiger partial charge in [0.15, 0.2) is 0 Å². The summed E-state index contributed by atoms with van der Waals surface area (Å²) in [6.45, 7) is 14.7. The summed E-state index contributed by atoms with van der Waals surface area (Å²) < 4.78 is 6.37. The molecule has 1 spiro atoms. The summed E-state index contributed by atoms with van der Waals surface area (Å²) >= 11 is 0. The molecule has 5 fully saturated rings. The molecule has 0 radical (unpaired) electrons. The van der Waals surface area contributed by atoms with E-state index in [-0.39, 0.29) is 40.3 Å². The normalized spacial score (nSPS) is 45.9. The van der Waals surface area contributed by atoms with Crippen LogP contribution in [0.4, 0.5) is 4.79 Å². The molecule has 3 saturated carbocycles. The standard InChI is InChI=1S/C30H46N2O5/c1-7-27(4)16-22(37-26(36)32-18-29(17-23(32)34)12-14-31(6)15-13-29)28(5)19(2)8-10-30(20(3)25(27)35)11-9-21(33)24(28)30/h7,19-20,22,24-25,35H,1,8-18H2,2-6H3/t19?,20-,22+,24?,25-,27+,28-,30?/m0/s1. The number of carbonyl (C=O) groups is 3. The first-order valence-corrected chi connectivity index (χ1v) is 14.4. The maximum atomic E-state index is 13.7. The second-order valence-corrected chi connectivity index (χ2v) is 13.9. The first-order chi connectivity index (χ1) is 17.3. The zero-order chi connectivity index (χ0) is 27.0. The molecule has 0 aromatic carbocycles. The highest BCUT2D eigenvalue weighted by atomic mass is 16.6. The number of carbonyl (C=O) groups excluding carboxylic acids is 3. The first kappa shape index (κ1) is 26.9. The van der Waals surface area contributed by atoms with Gasteiger partial charge in [0.1, 0.15) is 11.9 Å². The minimum absolute atomic E-state index is 0.0696. The van der Waals surface area contributed by atoms with E-state index in [1.807, 2.05) is 6.92 Å². The van der Waals surface area contributed by atoms with Gasteiger partial charge < -0.3 is 14.7 Å². The summed E-state index contributed by atoms with van der Waals surface area (Å²) in [5.74, 6) is -0.0982. The number of imide groups is 1. The Hall–Kier alpha value is -1.73. The van der Waals surface area contributed by atoms with E-state index in [4.69, 9.17) is 4.74 Å². The van der Waals surface area contributed by atoms with E-state index >= 15 is 0 Å². The Balaban J connectivity index is 1.50. The summed E-state index contributed by atoms with van der Waals surface area (Å²) in [4.78, 5) is 44.0. The van der Waals surface area contributed by atoms with Crippen molar-refractivity contribution >= 4 is 17.8 Å². The SMILES string of the molecule is C=C[C@]1(C)C[C@@H](OC(=O)N2CC3(CCN(C)CC3)CC2=O)[C@]2(C)C(C)CCC3(CCC(=O)C32)[C@@H](C)[C@@H]1O. The Morgan fingerprint density at radius 3 is 2.46 bits per heavy atom. The van der Waals surface area contributed by atoms with Gasteiger partial charge in [0.05, 0.1) is 6.10 Å². The fourth-order valence-electron chi connectivity index (χ4n) is 9.18. The second kappa shape index (κ2) is 8.90. The highest BCUT2D eigenvalue weighted by molar-refractivity contribution is 5.94. The Kier molecular flexibility index (Phi) is 6.46. The van der Waals surface area contributed by atoms with Gasteiger partial charge in [0.25, 0.3) is 0 Å². The largest absolute Gasteiger partial charge is 0.445 e. The summed E-state index contributed by atoms with van der Waals surface area (Å²) in [5, 5.41) is 11.7. The summed E-state index contributed by atoms with van der Waals surface area (Å²) in [5.41, 5.74) is -1.73. The number of nitrogens with zero attached hydrogens (tertiary/aromatic N) is 2. The fourth-order valence-corrected chi connectivity index (χ4v) is 9.18. The van der Waals surface area contributed by atoms with E-state index in [9.17, 15) is 19.5 Å². The summed E-state index contributed by atoms with van der Waals surface area (Å²) in [7, 11) is 2.09. The molecular weight excluding hydrogens is 468 g/mol. The number of hydrogen-bond acceptors (Lipinski definition) is 6. The molecule has 8 atom stereocenters. The van der Waals surface area contributed by atoms with E-state index < -0.39 is 29.1 Å². The van der Waals surface area contributed by atoms with Crippen LogP contribution in [0.5, 0.6) is 0 Å². The molecule has 0 aromatic rings. The van der Waals surface area contributed by atoms with Gasteiger partial charge in [-0.3, -0.25) is 9.59 Å². The minimum atomic E-state index is -0.700. The molecule has 0 aromatic heterocycles. The molecule has 3 aliphatic carbocycles. The van der Waals surface area contributed by atoms with E-state index in [0.29, 0.717) is 25.8 Å². The number of Topliss-reactive ketones (excluding diaryl/α,β-unsaturated/α-hetero) is 1. The Morgan fingerprint density at radius 1 is 1.14 bits per heavy atom. The number of ether oxygens (including phenoxy) is 1. The molecular formula is C30H46N2O5. The van der Waals surface area contributed by atoms with Crippen LogP contribution in [0.15, 0.2) is 12.7 Å². The maximum absolute atomic E-state index is 13.7. The monoisotopic (exact) mass is 514 g/mol. The maximum Gasteiger partial charge on any atom is 0.416 e. The number of piperidine rings is 1. The number of hydrogen-bond donors (Lipinski definition) is 1. The van der Waals surface area contributed by atoms with Crippen molar-refractivity contribution in [3.63, 3.8) is 0 Å². The number of ketones is 1. The van der Waals surface area contributed by atoms with Crippen molar-refractivity contribution in [3.8, 4) is 0 Å². The molecule has 2 saturated heterocycles. The van der Waals surface area contributed by atoms with Gasteiger partial charge >= 0.3 is 6.09 Å². The van der Waals surface area contributed by atoms with Gasteiger partial charge in [-0.15, -0.1) is 6.58 Å². The molecule has 5 aliphatic rings. The Morgan fingerprint density at radius 2 is 1.81 bits per heavy atom. The third-order valence-corrected chi connectivity index (χ3v) is 12.1. The molecule has 37 heavy (non-hydrogen) atoms. The molecule has 2 heterocycles. The van der Waals surface area contributed by atoms with E-state index in [1.165, 1.54) is 4.90 Å². The van der Waals surface area contributed by atoms with Crippen molar-refractivity contribution < 1.29 is 24.2 Å². The number of aliphatic hydroxyl groups excluding tert-OH is 1. The molecule has 3 unspecified atom stereocenters. The van der Waals surface area contributed by atoms with Crippen LogP contribution in [0.25, 0.3) is 0 Å². The highest BCUT2D eigenvalue weighted by Crippen LogP contribution is 2.68. The Bertz CT molecular complexity index is 988. The van der Waals surface area contributed by atoms with E-state index in [0.717, 1.165) is 45.2 Å². The van der Waals surface area contributed by atoms with E-state index in [1.54, 1.807) is 6.08 Å². The second-order valence-electron chi connectivity index (χ2n) is 13.9. The summed E-state index contributed by atoms with van der Waals surface area (Å²) in [6, 6.07) is 0. The molecule has 5 rings (SSSR count). The smallest absolute Gasteiger partial charge is 0.416 e. The zero-order valence-corrected chi connectivity index (χ0v) is 23.4. The molecule has 7 heteroatoms. The third-order valence-electron chi connectivity index (χ3n) is 12.1. The third kappa shape index (κ3) is 3.85. The van der Waals surface area contributed by atoms with Crippen molar-refractivity contribution in [1.82, 2.24) is 9.80 Å². The van der Waals surface area contributed by atoms with Crippen LogP contribution in [0.2, 0.25) is 0 Å². The predicted molar refractivity (Wildman–Crippen MR) is 141 cm³/mol. The van der Waals surface area contributed by atoms with Crippen LogP contribution in [0.1, 0.15) is 79.1 Å². The highest BCUT2D eigenvalue weighted by Gasteiger charge is 2.68. The van der Waals surface area contributed by atoms with Crippen molar-refractivity contribution in [2.45, 2.75) is 91.3 Å². The van der Waals surface area contributed by atoms with Gasteiger partial charge in [-0.05, 0) is 81.3 Å². The lowest BCUT2D eigenvalue weighted by atomic mass is 9.44. The van der Waals surface area contributed by atoms with Crippen LogP contribution >= 0.6 is 0 Å². The van der Waals surface area contributed by atoms with Gasteiger partial charge in [-0.25, -0.2) is 9.69 Å². The lowest BCUT2D eigenvalue weighted by Crippen LogP contribution is -2.63. The van der Waals surface area contributed by atoms with Crippen LogP contribution in [0.3, 0.4) is 0 Å². The van der Waals surface area contributed by atoms with Crippen LogP contribution in [-0.2, 0) is 14.3 Å². The lowest BCUT2D eigenvalue weighted by Gasteiger charge is -2.61. The average Bonchev–Trinajstić information content (AvgIpc) is 3.39. The summed E-state index contributed by atoms with van der Waals surface area (Å²) in [6.07, 6.45) is 5.58. The fraction of sp³-hybridized carbons (Fsp3) is 0.833. The van der Waals surface area contributed by atoms with Gasteiger partial charge in [-0.1, -0.05) is 33.8 Å². The van der Waals surface area contributed by atoms with Crippen LogP contribution in [-0.4, -0.2) is 71.6 Å². The van der Waals surface area contributed by atoms with Crippen LogP contribution in [0, 0.1) is 39.4 Å². The van der Waals surface area contributed by atoms with Crippen molar-refractivity contribution in [3.05, 3.63) is 12.7 Å². The molecule has 1 N–H and O–H groups in total. The quantitative estimate of drug-likeness (QED) is 0.549. The van der Waals surface area contributed by atoms with E-state index in [2.05, 4.69) is 39.3 Å². The van der Waals surface area contributed by atoms with Crippen molar-refractivity contribution in [2.75, 3.05) is 26.7 Å². The van der Waals surface area contributed by atoms with Gasteiger partial charge in [0, 0.05) is 36.1 Å². The number of amides is 2. The molecule has 206 valence electrons. The molecule has 2 aliphatic heterocycles. The van der Waals surface area contributed by atoms with Crippen molar-refractivity contribution in [1.29, 1.82) is 0 Å². The zero-order valence-electron chi connectivity index (χ0n) is 23.4. The molecule has 2 bridgehead atoms.